The van der Waals surface area contributed by atoms with Crippen LogP contribution in [-0.4, -0.2) is 23.0 Å². The topological polar surface area (TPSA) is 46.3 Å². The van der Waals surface area contributed by atoms with Gasteiger partial charge >= 0.3 is 0 Å². The third kappa shape index (κ3) is 3.04. The molecular weight excluding hydrogens is 308 g/mol. The number of hydrogen-bond donors (Lipinski definition) is 0. The number of halogens is 1. The molecule has 100 valence electrons. The first-order valence-electron chi connectivity index (χ1n) is 5.92. The van der Waals surface area contributed by atoms with Gasteiger partial charge in [0.15, 0.2) is 0 Å². The van der Waals surface area contributed by atoms with Crippen LogP contribution < -0.4 is 0 Å². The summed E-state index contributed by atoms with van der Waals surface area (Å²) in [6, 6.07) is 7.36. The maximum Gasteiger partial charge on any atom is 0.253 e. The van der Waals surface area contributed by atoms with E-state index in [-0.39, 0.29) is 5.91 Å². The Labute approximate surface area is 120 Å². The maximum absolute atomic E-state index is 12.3. The smallest absolute Gasteiger partial charge is 0.253 e. The first-order valence-corrected chi connectivity index (χ1v) is 6.71. The lowest BCUT2D eigenvalue weighted by atomic mass is 10.1. The summed E-state index contributed by atoms with van der Waals surface area (Å²) in [4.78, 5) is 14.0. The fourth-order valence-electron chi connectivity index (χ4n) is 1.88. The maximum atomic E-state index is 12.3. The monoisotopic (exact) mass is 322 g/mol. The van der Waals surface area contributed by atoms with Crippen LogP contribution in [0.3, 0.4) is 0 Å². The van der Waals surface area contributed by atoms with Crippen LogP contribution in [0.1, 0.15) is 27.4 Å². The van der Waals surface area contributed by atoms with Crippen molar-refractivity contribution in [1.29, 1.82) is 0 Å². The molecule has 0 saturated heterocycles. The van der Waals surface area contributed by atoms with Crippen molar-refractivity contribution in [1.82, 2.24) is 10.1 Å². The van der Waals surface area contributed by atoms with Gasteiger partial charge in [-0.05, 0) is 32.0 Å². The van der Waals surface area contributed by atoms with Crippen molar-refractivity contribution in [2.75, 3.05) is 7.05 Å². The second-order valence-electron chi connectivity index (χ2n) is 4.47. The molecule has 0 atom stereocenters. The molecule has 0 saturated carbocycles. The van der Waals surface area contributed by atoms with Crippen molar-refractivity contribution in [3.63, 3.8) is 0 Å². The van der Waals surface area contributed by atoms with Crippen LogP contribution in [0.25, 0.3) is 0 Å². The molecule has 1 amide bonds. The molecular formula is C14H15BrN2O2. The molecule has 0 aliphatic rings. The number of benzene rings is 1. The van der Waals surface area contributed by atoms with E-state index in [9.17, 15) is 4.79 Å². The Morgan fingerprint density at radius 3 is 2.74 bits per heavy atom. The van der Waals surface area contributed by atoms with Crippen molar-refractivity contribution in [3.05, 3.63) is 51.3 Å². The largest absolute Gasteiger partial charge is 0.361 e. The minimum atomic E-state index is -0.0266. The minimum Gasteiger partial charge on any atom is -0.361 e. The van der Waals surface area contributed by atoms with Crippen molar-refractivity contribution < 1.29 is 9.32 Å². The van der Waals surface area contributed by atoms with Crippen LogP contribution in [0.5, 0.6) is 0 Å². The fraction of sp³-hybridized carbons (Fsp3) is 0.286. The van der Waals surface area contributed by atoms with Crippen LogP contribution in [0.2, 0.25) is 0 Å². The number of rotatable bonds is 3. The van der Waals surface area contributed by atoms with E-state index < -0.39 is 0 Å². The van der Waals surface area contributed by atoms with Gasteiger partial charge in [-0.1, -0.05) is 27.2 Å². The summed E-state index contributed by atoms with van der Waals surface area (Å²) in [6.07, 6.45) is 0. The summed E-state index contributed by atoms with van der Waals surface area (Å²) >= 11 is 3.37. The van der Waals surface area contributed by atoms with Gasteiger partial charge in [-0.25, -0.2) is 0 Å². The number of aryl methyl sites for hydroxylation is 2. The average molecular weight is 323 g/mol. The Balaban J connectivity index is 2.16. The molecule has 1 aromatic heterocycles. The Morgan fingerprint density at radius 2 is 2.16 bits per heavy atom. The molecule has 2 rings (SSSR count). The van der Waals surface area contributed by atoms with Crippen molar-refractivity contribution >= 4 is 21.8 Å². The first-order chi connectivity index (χ1) is 8.99. The molecule has 0 unspecified atom stereocenters. The Kier molecular flexibility index (Phi) is 4.04. The van der Waals surface area contributed by atoms with Gasteiger partial charge in [0.2, 0.25) is 0 Å². The molecule has 0 spiro atoms. The average Bonchev–Trinajstić information content (AvgIpc) is 2.69. The van der Waals surface area contributed by atoms with E-state index in [1.165, 1.54) is 0 Å². The quantitative estimate of drug-likeness (QED) is 0.870. The second kappa shape index (κ2) is 5.57. The Morgan fingerprint density at radius 1 is 1.42 bits per heavy atom. The van der Waals surface area contributed by atoms with Crippen molar-refractivity contribution in [3.8, 4) is 0 Å². The lowest BCUT2D eigenvalue weighted by Gasteiger charge is -2.17. The van der Waals surface area contributed by atoms with Gasteiger partial charge in [0, 0.05) is 22.6 Å². The molecule has 1 aromatic carbocycles. The van der Waals surface area contributed by atoms with Crippen molar-refractivity contribution in [2.45, 2.75) is 20.4 Å². The molecule has 0 aliphatic carbocycles. The second-order valence-corrected chi connectivity index (χ2v) is 5.39. The van der Waals surface area contributed by atoms with E-state index in [0.717, 1.165) is 21.5 Å². The molecule has 5 heteroatoms. The standard InChI is InChI=1S/C14H15BrN2O2/c1-9-13(10(2)19-16-9)8-17(3)14(18)11-5-4-6-12(15)7-11/h4-7H,8H2,1-3H3. The number of carbonyl (C=O) groups is 1. The minimum absolute atomic E-state index is 0.0266. The Bertz CT molecular complexity index is 588. The lowest BCUT2D eigenvalue weighted by Crippen LogP contribution is -2.26. The summed E-state index contributed by atoms with van der Waals surface area (Å²) in [5.74, 6) is 0.729. The molecule has 19 heavy (non-hydrogen) atoms. The highest BCUT2D eigenvalue weighted by Crippen LogP contribution is 2.17. The van der Waals surface area contributed by atoms with Gasteiger partial charge in [-0.2, -0.15) is 0 Å². The third-order valence-corrected chi connectivity index (χ3v) is 3.49. The molecule has 4 nitrogen and oxygen atoms in total. The SMILES string of the molecule is Cc1noc(C)c1CN(C)C(=O)c1cccc(Br)c1. The molecule has 0 fully saturated rings. The molecule has 0 N–H and O–H groups in total. The van der Waals surface area contributed by atoms with Crippen LogP contribution in [-0.2, 0) is 6.54 Å². The molecule has 0 bridgehead atoms. The molecule has 2 aromatic rings. The molecule has 1 heterocycles. The summed E-state index contributed by atoms with van der Waals surface area (Å²) in [7, 11) is 1.77. The van der Waals surface area contributed by atoms with Gasteiger partial charge < -0.3 is 9.42 Å². The summed E-state index contributed by atoms with van der Waals surface area (Å²) in [6.45, 7) is 4.22. The summed E-state index contributed by atoms with van der Waals surface area (Å²) in [5, 5.41) is 3.89. The predicted molar refractivity (Wildman–Crippen MR) is 75.9 cm³/mol. The van der Waals surface area contributed by atoms with Gasteiger partial charge in [-0.15, -0.1) is 0 Å². The van der Waals surface area contributed by atoms with Crippen LogP contribution in [0.15, 0.2) is 33.3 Å². The van der Waals surface area contributed by atoms with Gasteiger partial charge in [-0.3, -0.25) is 4.79 Å². The Hall–Kier alpha value is -1.62. The van der Waals surface area contributed by atoms with E-state index in [1.807, 2.05) is 32.0 Å². The highest BCUT2D eigenvalue weighted by atomic mass is 79.9. The van der Waals surface area contributed by atoms with E-state index in [2.05, 4.69) is 21.1 Å². The molecule has 0 radical (unpaired) electrons. The van der Waals surface area contributed by atoms with Crippen LogP contribution >= 0.6 is 15.9 Å². The number of amides is 1. The highest BCUT2D eigenvalue weighted by Gasteiger charge is 2.16. The van der Waals surface area contributed by atoms with Gasteiger partial charge in [0.25, 0.3) is 5.91 Å². The van der Waals surface area contributed by atoms with Crippen LogP contribution in [0, 0.1) is 13.8 Å². The zero-order chi connectivity index (χ0) is 14.0. The van der Waals surface area contributed by atoms with E-state index >= 15 is 0 Å². The normalized spacial score (nSPS) is 10.5. The number of nitrogens with zero attached hydrogens (tertiary/aromatic N) is 2. The molecule has 0 aliphatic heterocycles. The predicted octanol–water partition coefficient (Wildman–Crippen LogP) is 3.33. The fourth-order valence-corrected chi connectivity index (χ4v) is 2.28. The zero-order valence-corrected chi connectivity index (χ0v) is 12.7. The number of hydrogen-bond acceptors (Lipinski definition) is 3. The zero-order valence-electron chi connectivity index (χ0n) is 11.1. The highest BCUT2D eigenvalue weighted by molar-refractivity contribution is 9.10. The lowest BCUT2D eigenvalue weighted by molar-refractivity contribution is 0.0784. The van der Waals surface area contributed by atoms with E-state index in [4.69, 9.17) is 4.52 Å². The van der Waals surface area contributed by atoms with E-state index in [0.29, 0.717) is 12.1 Å². The van der Waals surface area contributed by atoms with Crippen molar-refractivity contribution in [2.24, 2.45) is 0 Å². The summed E-state index contributed by atoms with van der Waals surface area (Å²) < 4.78 is 6.00. The van der Waals surface area contributed by atoms with Gasteiger partial charge in [0.1, 0.15) is 5.76 Å². The first kappa shape index (κ1) is 13.8. The van der Waals surface area contributed by atoms with Gasteiger partial charge in [0.05, 0.1) is 12.2 Å². The van der Waals surface area contributed by atoms with E-state index in [1.54, 1.807) is 18.0 Å². The third-order valence-electron chi connectivity index (χ3n) is 2.99. The number of aromatic nitrogens is 1. The number of carbonyl (C=O) groups excluding carboxylic acids is 1. The summed E-state index contributed by atoms with van der Waals surface area (Å²) in [5.41, 5.74) is 2.45. The van der Waals surface area contributed by atoms with Crippen LogP contribution in [0.4, 0.5) is 0 Å².